The van der Waals surface area contributed by atoms with Crippen LogP contribution in [0.25, 0.3) is 0 Å². The Morgan fingerprint density at radius 1 is 1.17 bits per heavy atom. The summed E-state index contributed by atoms with van der Waals surface area (Å²) >= 11 is 0. The van der Waals surface area contributed by atoms with E-state index in [-0.39, 0.29) is 11.8 Å². The van der Waals surface area contributed by atoms with Gasteiger partial charge in [-0.3, -0.25) is 0 Å². The third-order valence-corrected chi connectivity index (χ3v) is 2.24. The van der Waals surface area contributed by atoms with Gasteiger partial charge >= 0.3 is 0 Å². The molecule has 0 heterocycles. The van der Waals surface area contributed by atoms with Crippen LogP contribution in [0.15, 0.2) is 0 Å². The zero-order chi connectivity index (χ0) is 9.78. The van der Waals surface area contributed by atoms with Crippen LogP contribution in [0, 0.1) is 23.2 Å². The molecule has 0 amide bonds. The molecule has 0 spiro atoms. The third-order valence-electron chi connectivity index (χ3n) is 2.24. The van der Waals surface area contributed by atoms with Crippen molar-refractivity contribution in [2.45, 2.75) is 26.6 Å². The van der Waals surface area contributed by atoms with Crippen LogP contribution in [-0.4, -0.2) is 20.0 Å². The Morgan fingerprint density at radius 3 is 1.67 bits per heavy atom. The lowest BCUT2D eigenvalue weighted by molar-refractivity contribution is -0.251. The van der Waals surface area contributed by atoms with Gasteiger partial charge in [0.25, 0.3) is 0 Å². The van der Waals surface area contributed by atoms with Crippen LogP contribution in [-0.2, 0) is 9.47 Å². The molecule has 12 heavy (non-hydrogen) atoms. The quantitative estimate of drug-likeness (QED) is 0.605. The lowest BCUT2D eigenvalue weighted by Crippen LogP contribution is -2.45. The van der Waals surface area contributed by atoms with Crippen molar-refractivity contribution in [3.8, 4) is 6.07 Å². The van der Waals surface area contributed by atoms with E-state index in [9.17, 15) is 0 Å². The highest BCUT2D eigenvalue weighted by atomic mass is 16.7. The van der Waals surface area contributed by atoms with E-state index >= 15 is 0 Å². The molecule has 0 aromatic carbocycles. The number of rotatable bonds is 4. The second-order valence-electron chi connectivity index (χ2n) is 3.14. The van der Waals surface area contributed by atoms with Crippen molar-refractivity contribution in [2.24, 2.45) is 11.8 Å². The maximum Gasteiger partial charge on any atom is 0.185 e. The summed E-state index contributed by atoms with van der Waals surface area (Å²) in [6, 6.07) is 2.14. The molecule has 0 radical (unpaired) electrons. The summed E-state index contributed by atoms with van der Waals surface area (Å²) < 4.78 is 10.5. The van der Waals surface area contributed by atoms with Crippen molar-refractivity contribution in [3.05, 3.63) is 0 Å². The summed E-state index contributed by atoms with van der Waals surface area (Å²) in [4.78, 5) is 0. The summed E-state index contributed by atoms with van der Waals surface area (Å²) in [5, 5.41) is 8.77. The fraction of sp³-hybridized carbons (Fsp3) is 0.889. The van der Waals surface area contributed by atoms with Crippen LogP contribution >= 0.6 is 0 Å². The first-order valence-electron chi connectivity index (χ1n) is 4.05. The molecule has 0 aliphatic carbocycles. The topological polar surface area (TPSA) is 42.2 Å². The van der Waals surface area contributed by atoms with Crippen LogP contribution in [0.4, 0.5) is 0 Å². The van der Waals surface area contributed by atoms with Gasteiger partial charge in [-0.05, 0) is 6.92 Å². The monoisotopic (exact) mass is 171 g/mol. The van der Waals surface area contributed by atoms with E-state index < -0.39 is 5.79 Å². The van der Waals surface area contributed by atoms with E-state index in [2.05, 4.69) is 6.07 Å². The summed E-state index contributed by atoms with van der Waals surface area (Å²) in [6.07, 6.45) is 0. The van der Waals surface area contributed by atoms with Crippen molar-refractivity contribution in [1.29, 1.82) is 5.26 Å². The second kappa shape index (κ2) is 4.44. The van der Waals surface area contributed by atoms with E-state index in [4.69, 9.17) is 14.7 Å². The van der Waals surface area contributed by atoms with Gasteiger partial charge in [-0.15, -0.1) is 0 Å². The Labute approximate surface area is 74.3 Å². The van der Waals surface area contributed by atoms with Crippen LogP contribution in [0.2, 0.25) is 0 Å². The first-order valence-corrected chi connectivity index (χ1v) is 4.05. The lowest BCUT2D eigenvalue weighted by Gasteiger charge is -2.36. The minimum absolute atomic E-state index is 0.155. The molecule has 0 aromatic rings. The van der Waals surface area contributed by atoms with E-state index in [1.165, 1.54) is 0 Å². The molecule has 3 heteroatoms. The summed E-state index contributed by atoms with van der Waals surface area (Å²) in [5.74, 6) is -0.885. The highest BCUT2D eigenvalue weighted by Gasteiger charge is 2.39. The van der Waals surface area contributed by atoms with Gasteiger partial charge in [0.1, 0.15) is 0 Å². The average Bonchev–Trinajstić information content (AvgIpc) is 2.06. The van der Waals surface area contributed by atoms with Gasteiger partial charge in [0.15, 0.2) is 5.79 Å². The summed E-state index contributed by atoms with van der Waals surface area (Å²) in [6.45, 7) is 5.74. The summed E-state index contributed by atoms with van der Waals surface area (Å²) in [5.41, 5.74) is 0. The lowest BCUT2D eigenvalue weighted by atomic mass is 9.91. The predicted molar refractivity (Wildman–Crippen MR) is 46.4 cm³/mol. The maximum atomic E-state index is 8.77. The SMILES string of the molecule is COC(OC)(C(C)C)C(C)C#N. The van der Waals surface area contributed by atoms with Crippen molar-refractivity contribution in [3.63, 3.8) is 0 Å². The second-order valence-corrected chi connectivity index (χ2v) is 3.14. The molecule has 0 fully saturated rings. The highest BCUT2D eigenvalue weighted by molar-refractivity contribution is 4.93. The molecule has 3 nitrogen and oxygen atoms in total. The van der Waals surface area contributed by atoms with Crippen LogP contribution < -0.4 is 0 Å². The predicted octanol–water partition coefficient (Wildman–Crippen LogP) is 1.79. The van der Waals surface area contributed by atoms with Gasteiger partial charge in [0.05, 0.1) is 12.0 Å². The molecule has 0 aliphatic rings. The van der Waals surface area contributed by atoms with Crippen molar-refractivity contribution >= 4 is 0 Å². The zero-order valence-corrected chi connectivity index (χ0v) is 8.42. The fourth-order valence-corrected chi connectivity index (χ4v) is 1.50. The highest BCUT2D eigenvalue weighted by Crippen LogP contribution is 2.30. The van der Waals surface area contributed by atoms with Crippen LogP contribution in [0.5, 0.6) is 0 Å². The smallest absolute Gasteiger partial charge is 0.185 e. The van der Waals surface area contributed by atoms with Crippen molar-refractivity contribution < 1.29 is 9.47 Å². The minimum Gasteiger partial charge on any atom is -0.352 e. The molecule has 0 rings (SSSR count). The first-order chi connectivity index (χ1) is 5.55. The van der Waals surface area contributed by atoms with E-state index in [1.807, 2.05) is 13.8 Å². The van der Waals surface area contributed by atoms with Crippen molar-refractivity contribution in [1.82, 2.24) is 0 Å². The molecule has 0 aromatic heterocycles. The average molecular weight is 171 g/mol. The summed E-state index contributed by atoms with van der Waals surface area (Å²) in [7, 11) is 3.13. The van der Waals surface area contributed by atoms with E-state index in [0.29, 0.717) is 0 Å². The number of nitrogens with zero attached hydrogens (tertiary/aromatic N) is 1. The van der Waals surface area contributed by atoms with E-state index in [1.54, 1.807) is 21.1 Å². The normalized spacial score (nSPS) is 14.4. The van der Waals surface area contributed by atoms with Gasteiger partial charge < -0.3 is 9.47 Å². The van der Waals surface area contributed by atoms with Gasteiger partial charge in [-0.2, -0.15) is 5.26 Å². The molecule has 0 saturated heterocycles. The molecule has 70 valence electrons. The Bertz CT molecular complexity index is 168. The Kier molecular flexibility index (Phi) is 4.22. The number of nitriles is 1. The Balaban J connectivity index is 4.71. The Hall–Kier alpha value is -0.590. The van der Waals surface area contributed by atoms with Gasteiger partial charge in [0.2, 0.25) is 0 Å². The fourth-order valence-electron chi connectivity index (χ4n) is 1.50. The molecule has 1 unspecified atom stereocenters. The first kappa shape index (κ1) is 11.4. The standard InChI is InChI=1S/C9H17NO2/c1-7(2)9(11-4,12-5)8(3)6-10/h7-8H,1-5H3. The van der Waals surface area contributed by atoms with Gasteiger partial charge in [-0.25, -0.2) is 0 Å². The minimum atomic E-state index is -0.769. The van der Waals surface area contributed by atoms with Crippen LogP contribution in [0.3, 0.4) is 0 Å². The molecular formula is C9H17NO2. The van der Waals surface area contributed by atoms with Crippen molar-refractivity contribution in [2.75, 3.05) is 14.2 Å². The molecule has 0 bridgehead atoms. The number of ether oxygens (including phenoxy) is 2. The largest absolute Gasteiger partial charge is 0.352 e. The molecule has 1 atom stereocenters. The maximum absolute atomic E-state index is 8.77. The Morgan fingerprint density at radius 2 is 1.58 bits per heavy atom. The van der Waals surface area contributed by atoms with Gasteiger partial charge in [0, 0.05) is 20.1 Å². The number of methoxy groups -OCH3 is 2. The number of hydrogen-bond donors (Lipinski definition) is 0. The van der Waals surface area contributed by atoms with Crippen LogP contribution in [0.1, 0.15) is 20.8 Å². The molecule has 0 saturated carbocycles. The molecular weight excluding hydrogens is 154 g/mol. The number of hydrogen-bond acceptors (Lipinski definition) is 3. The molecule has 0 N–H and O–H groups in total. The molecule has 0 aliphatic heterocycles. The zero-order valence-electron chi connectivity index (χ0n) is 8.42. The third kappa shape index (κ3) is 1.77. The van der Waals surface area contributed by atoms with Gasteiger partial charge in [-0.1, -0.05) is 13.8 Å². The van der Waals surface area contributed by atoms with E-state index in [0.717, 1.165) is 0 Å².